The zero-order chi connectivity index (χ0) is 16.5. The fourth-order valence-electron chi connectivity index (χ4n) is 2.33. The maximum atomic E-state index is 5.42. The van der Waals surface area contributed by atoms with E-state index in [1.807, 2.05) is 36.4 Å². The van der Waals surface area contributed by atoms with Gasteiger partial charge in [-0.25, -0.2) is 0 Å². The number of nitrogens with zero attached hydrogens (tertiary/aromatic N) is 2. The van der Waals surface area contributed by atoms with Crippen molar-refractivity contribution in [2.75, 3.05) is 20.7 Å². The predicted molar refractivity (Wildman–Crippen MR) is 109 cm³/mol. The highest BCUT2D eigenvalue weighted by molar-refractivity contribution is 14.0. The first kappa shape index (κ1) is 20.2. The molecule has 1 aromatic heterocycles. The zero-order valence-corrected chi connectivity index (χ0v) is 16.7. The lowest BCUT2D eigenvalue weighted by Gasteiger charge is -2.18. The van der Waals surface area contributed by atoms with E-state index in [1.165, 1.54) is 5.56 Å². The zero-order valence-electron chi connectivity index (χ0n) is 14.3. The van der Waals surface area contributed by atoms with Crippen molar-refractivity contribution < 1.29 is 4.74 Å². The van der Waals surface area contributed by atoms with Crippen LogP contribution in [-0.2, 0) is 6.54 Å². The molecule has 2 rings (SSSR count). The average Bonchev–Trinajstić information content (AvgIpc) is 2.62. The Morgan fingerprint density at radius 2 is 1.92 bits per heavy atom. The molecule has 5 nitrogen and oxygen atoms in total. The molecule has 0 bridgehead atoms. The number of hydrogen-bond acceptors (Lipinski definition) is 3. The third-order valence-corrected chi connectivity index (χ3v) is 3.63. The van der Waals surface area contributed by atoms with Crippen LogP contribution in [-0.4, -0.2) is 31.6 Å². The van der Waals surface area contributed by atoms with Gasteiger partial charge < -0.3 is 15.4 Å². The molecule has 0 aliphatic heterocycles. The number of aromatic nitrogens is 1. The van der Waals surface area contributed by atoms with Gasteiger partial charge in [-0.05, 0) is 23.8 Å². The molecule has 0 aliphatic carbocycles. The number of halogens is 1. The van der Waals surface area contributed by atoms with Crippen molar-refractivity contribution in [3.63, 3.8) is 0 Å². The number of hydrogen-bond donors (Lipinski definition) is 2. The Bertz CT molecular complexity index is 634. The summed E-state index contributed by atoms with van der Waals surface area (Å²) in [6.07, 6.45) is 1.79. The number of guanidine groups is 1. The number of para-hydroxylation sites is 1. The summed E-state index contributed by atoms with van der Waals surface area (Å²) in [5, 5.41) is 6.61. The quantitative estimate of drug-likeness (QED) is 0.412. The van der Waals surface area contributed by atoms with Gasteiger partial charge in [-0.3, -0.25) is 9.98 Å². The number of methoxy groups -OCH3 is 1. The van der Waals surface area contributed by atoms with Gasteiger partial charge in [-0.2, -0.15) is 0 Å². The van der Waals surface area contributed by atoms with Crippen molar-refractivity contribution in [3.8, 4) is 5.75 Å². The SMILES string of the molecule is CN=C(NCc1ccccn1)NCC(C)c1ccccc1OC.I. The molecule has 0 saturated carbocycles. The van der Waals surface area contributed by atoms with Gasteiger partial charge in [-0.1, -0.05) is 31.2 Å². The van der Waals surface area contributed by atoms with E-state index in [0.29, 0.717) is 12.5 Å². The minimum Gasteiger partial charge on any atom is -0.496 e. The molecule has 2 aromatic rings. The summed E-state index contributed by atoms with van der Waals surface area (Å²) in [5.41, 5.74) is 2.16. The van der Waals surface area contributed by atoms with Crippen molar-refractivity contribution in [1.82, 2.24) is 15.6 Å². The fraction of sp³-hybridized carbons (Fsp3) is 0.333. The second-order valence-corrected chi connectivity index (χ2v) is 5.27. The second kappa shape index (κ2) is 10.9. The molecule has 0 amide bonds. The smallest absolute Gasteiger partial charge is 0.191 e. The molecular weight excluding hydrogens is 415 g/mol. The molecule has 6 heteroatoms. The highest BCUT2D eigenvalue weighted by atomic mass is 127. The molecular formula is C18H25IN4O. The molecule has 0 fully saturated rings. The van der Waals surface area contributed by atoms with E-state index in [0.717, 1.165) is 23.9 Å². The minimum absolute atomic E-state index is 0. The lowest BCUT2D eigenvalue weighted by atomic mass is 10.0. The average molecular weight is 440 g/mol. The van der Waals surface area contributed by atoms with Gasteiger partial charge in [0.05, 0.1) is 19.3 Å². The van der Waals surface area contributed by atoms with Gasteiger partial charge in [-0.15, -0.1) is 24.0 Å². The molecule has 1 heterocycles. The summed E-state index contributed by atoms with van der Waals surface area (Å²) in [6, 6.07) is 14.0. The highest BCUT2D eigenvalue weighted by Gasteiger charge is 2.11. The number of rotatable bonds is 6. The Labute approximate surface area is 161 Å². The van der Waals surface area contributed by atoms with Gasteiger partial charge in [0.15, 0.2) is 5.96 Å². The molecule has 1 atom stereocenters. The van der Waals surface area contributed by atoms with Crippen molar-refractivity contribution in [3.05, 3.63) is 59.9 Å². The first-order chi connectivity index (χ1) is 11.2. The van der Waals surface area contributed by atoms with Crippen LogP contribution in [0.1, 0.15) is 24.1 Å². The van der Waals surface area contributed by atoms with E-state index in [-0.39, 0.29) is 24.0 Å². The summed E-state index contributed by atoms with van der Waals surface area (Å²) >= 11 is 0. The maximum Gasteiger partial charge on any atom is 0.191 e. The lowest BCUT2D eigenvalue weighted by Crippen LogP contribution is -2.38. The van der Waals surface area contributed by atoms with Crippen LogP contribution >= 0.6 is 24.0 Å². The summed E-state index contributed by atoms with van der Waals surface area (Å²) in [7, 11) is 3.47. The lowest BCUT2D eigenvalue weighted by molar-refractivity contribution is 0.406. The van der Waals surface area contributed by atoms with E-state index < -0.39 is 0 Å². The molecule has 24 heavy (non-hydrogen) atoms. The Morgan fingerprint density at radius 1 is 1.17 bits per heavy atom. The monoisotopic (exact) mass is 440 g/mol. The third kappa shape index (κ3) is 5.99. The van der Waals surface area contributed by atoms with Gasteiger partial charge in [0.1, 0.15) is 5.75 Å². The standard InChI is InChI=1S/C18H24N4O.HI/c1-14(16-9-4-5-10-17(16)23-3)12-21-18(19-2)22-13-15-8-6-7-11-20-15;/h4-11,14H,12-13H2,1-3H3,(H2,19,21,22);1H. The maximum absolute atomic E-state index is 5.42. The van der Waals surface area contributed by atoms with Gasteiger partial charge >= 0.3 is 0 Å². The van der Waals surface area contributed by atoms with E-state index >= 15 is 0 Å². The van der Waals surface area contributed by atoms with Crippen molar-refractivity contribution in [2.24, 2.45) is 4.99 Å². The number of pyridine rings is 1. The summed E-state index contributed by atoms with van der Waals surface area (Å²) in [6.45, 7) is 3.57. The van der Waals surface area contributed by atoms with Crippen LogP contribution in [0.2, 0.25) is 0 Å². The summed E-state index contributed by atoms with van der Waals surface area (Å²) in [5.74, 6) is 1.98. The number of nitrogens with one attached hydrogen (secondary N) is 2. The number of benzene rings is 1. The topological polar surface area (TPSA) is 58.5 Å². The first-order valence-corrected chi connectivity index (χ1v) is 7.72. The van der Waals surface area contributed by atoms with Gasteiger partial charge in [0.2, 0.25) is 0 Å². The van der Waals surface area contributed by atoms with E-state index in [1.54, 1.807) is 20.4 Å². The van der Waals surface area contributed by atoms with Crippen LogP contribution in [0.5, 0.6) is 5.75 Å². The molecule has 130 valence electrons. The fourth-order valence-corrected chi connectivity index (χ4v) is 2.33. The van der Waals surface area contributed by atoms with E-state index in [4.69, 9.17) is 4.74 Å². The molecule has 1 unspecified atom stereocenters. The molecule has 0 saturated heterocycles. The van der Waals surface area contributed by atoms with Crippen LogP contribution in [0.4, 0.5) is 0 Å². The van der Waals surface area contributed by atoms with Crippen molar-refractivity contribution >= 4 is 29.9 Å². The summed E-state index contributed by atoms with van der Waals surface area (Å²) in [4.78, 5) is 8.54. The molecule has 0 radical (unpaired) electrons. The summed E-state index contributed by atoms with van der Waals surface area (Å²) < 4.78 is 5.42. The first-order valence-electron chi connectivity index (χ1n) is 7.72. The Balaban J connectivity index is 0.00000288. The van der Waals surface area contributed by atoms with Crippen LogP contribution in [0, 0.1) is 0 Å². The van der Waals surface area contributed by atoms with Crippen LogP contribution in [0.15, 0.2) is 53.7 Å². The molecule has 1 aromatic carbocycles. The van der Waals surface area contributed by atoms with E-state index in [9.17, 15) is 0 Å². The Hall–Kier alpha value is -1.83. The second-order valence-electron chi connectivity index (χ2n) is 5.27. The van der Waals surface area contributed by atoms with Crippen LogP contribution in [0.3, 0.4) is 0 Å². The van der Waals surface area contributed by atoms with E-state index in [2.05, 4.69) is 33.6 Å². The Kier molecular flexibility index (Phi) is 9.14. The van der Waals surface area contributed by atoms with Crippen molar-refractivity contribution in [2.45, 2.75) is 19.4 Å². The predicted octanol–water partition coefficient (Wildman–Crippen LogP) is 3.18. The minimum atomic E-state index is 0. The van der Waals surface area contributed by atoms with Gasteiger partial charge in [0.25, 0.3) is 0 Å². The normalized spacial score (nSPS) is 12.0. The van der Waals surface area contributed by atoms with Gasteiger partial charge in [0, 0.05) is 25.7 Å². The highest BCUT2D eigenvalue weighted by Crippen LogP contribution is 2.25. The third-order valence-electron chi connectivity index (χ3n) is 3.63. The largest absolute Gasteiger partial charge is 0.496 e. The molecule has 0 aliphatic rings. The van der Waals surface area contributed by atoms with Crippen LogP contribution in [0.25, 0.3) is 0 Å². The number of aliphatic imine (C=N–C) groups is 1. The molecule has 2 N–H and O–H groups in total. The van der Waals surface area contributed by atoms with Crippen LogP contribution < -0.4 is 15.4 Å². The van der Waals surface area contributed by atoms with Crippen molar-refractivity contribution in [1.29, 1.82) is 0 Å². The molecule has 0 spiro atoms. The Morgan fingerprint density at radius 3 is 2.58 bits per heavy atom. The number of ether oxygens (including phenoxy) is 1.